The quantitative estimate of drug-likeness (QED) is 0.620. The Kier molecular flexibility index (Phi) is 6.83. The lowest BCUT2D eigenvalue weighted by molar-refractivity contribution is -0.136. The molecule has 1 saturated heterocycles. The number of carbonyl (C=O) groups excluding carboxylic acids is 1. The second-order valence-electron chi connectivity index (χ2n) is 9.72. The van der Waals surface area contributed by atoms with Crippen LogP contribution >= 0.6 is 0 Å². The molecule has 176 valence electrons. The number of aromatic nitrogens is 1. The SMILES string of the molecule is COCCC(=O)N1CCN(c2nc(C3CC3)c3c(c2C=N)CC(C)(C)OC3)CC1COC. The zero-order chi connectivity index (χ0) is 22.9. The number of ether oxygens (including phenoxy) is 3. The summed E-state index contributed by atoms with van der Waals surface area (Å²) in [5, 5.41) is 8.25. The van der Waals surface area contributed by atoms with Crippen molar-refractivity contribution in [1.82, 2.24) is 9.88 Å². The molecular formula is C24H36N4O4. The standard InChI is InChI=1S/C24H36N4O4/c1-24(2)11-18-19(12-25)23(26-22(16-5-6-16)20(18)15-32-24)27-8-9-28(17(13-27)14-31-4)21(29)7-10-30-3/h12,16-17,25H,5-11,13-15H2,1-4H3. The van der Waals surface area contributed by atoms with Crippen LogP contribution < -0.4 is 4.90 Å². The van der Waals surface area contributed by atoms with Crippen molar-refractivity contribution in [3.05, 3.63) is 22.4 Å². The number of methoxy groups -OCH3 is 2. The van der Waals surface area contributed by atoms with Gasteiger partial charge in [-0.2, -0.15) is 0 Å². The Hall–Kier alpha value is -2.03. The van der Waals surface area contributed by atoms with Crippen LogP contribution in [0.1, 0.15) is 61.4 Å². The molecule has 0 spiro atoms. The van der Waals surface area contributed by atoms with E-state index in [1.165, 1.54) is 30.2 Å². The van der Waals surface area contributed by atoms with Gasteiger partial charge in [-0.1, -0.05) is 0 Å². The van der Waals surface area contributed by atoms with E-state index in [-0.39, 0.29) is 17.6 Å². The lowest BCUT2D eigenvalue weighted by atomic mass is 9.87. The predicted octanol–water partition coefficient (Wildman–Crippen LogP) is 2.51. The highest BCUT2D eigenvalue weighted by molar-refractivity contribution is 5.88. The highest BCUT2D eigenvalue weighted by atomic mass is 16.5. The van der Waals surface area contributed by atoms with Gasteiger partial charge < -0.3 is 29.4 Å². The average molecular weight is 445 g/mol. The minimum atomic E-state index is -0.255. The molecule has 0 bridgehead atoms. The minimum Gasteiger partial charge on any atom is -0.384 e. The zero-order valence-corrected chi connectivity index (χ0v) is 19.8. The van der Waals surface area contributed by atoms with Crippen molar-refractivity contribution in [1.29, 1.82) is 5.41 Å². The first-order chi connectivity index (χ1) is 15.4. The van der Waals surface area contributed by atoms with E-state index in [0.717, 1.165) is 23.5 Å². The van der Waals surface area contributed by atoms with Gasteiger partial charge in [-0.05, 0) is 32.3 Å². The molecule has 3 heterocycles. The Morgan fingerprint density at radius 2 is 2.03 bits per heavy atom. The summed E-state index contributed by atoms with van der Waals surface area (Å²) in [5.41, 5.74) is 4.20. The maximum Gasteiger partial charge on any atom is 0.225 e. The number of amides is 1. The van der Waals surface area contributed by atoms with E-state index in [0.29, 0.717) is 51.8 Å². The third-order valence-electron chi connectivity index (χ3n) is 6.77. The molecule has 1 aromatic rings. The normalized spacial score (nSPS) is 22.6. The first-order valence-corrected chi connectivity index (χ1v) is 11.6. The van der Waals surface area contributed by atoms with Gasteiger partial charge in [0, 0.05) is 63.5 Å². The molecule has 1 saturated carbocycles. The largest absolute Gasteiger partial charge is 0.384 e. The third-order valence-corrected chi connectivity index (χ3v) is 6.77. The summed E-state index contributed by atoms with van der Waals surface area (Å²) < 4.78 is 16.7. The molecule has 0 aromatic carbocycles. The fourth-order valence-corrected chi connectivity index (χ4v) is 4.93. The number of hydrogen-bond donors (Lipinski definition) is 1. The summed E-state index contributed by atoms with van der Waals surface area (Å²) in [4.78, 5) is 22.0. The second kappa shape index (κ2) is 9.45. The van der Waals surface area contributed by atoms with Gasteiger partial charge in [-0.3, -0.25) is 4.79 Å². The molecule has 1 amide bonds. The molecule has 1 unspecified atom stereocenters. The van der Waals surface area contributed by atoms with Crippen LogP contribution in [0.25, 0.3) is 0 Å². The molecule has 8 heteroatoms. The lowest BCUT2D eigenvalue weighted by Crippen LogP contribution is -2.57. The van der Waals surface area contributed by atoms with E-state index >= 15 is 0 Å². The van der Waals surface area contributed by atoms with Crippen LogP contribution in [0.3, 0.4) is 0 Å². The maximum atomic E-state index is 12.7. The Morgan fingerprint density at radius 3 is 2.69 bits per heavy atom. The molecule has 1 aliphatic carbocycles. The highest BCUT2D eigenvalue weighted by Crippen LogP contribution is 2.45. The van der Waals surface area contributed by atoms with Crippen molar-refractivity contribution in [2.75, 3.05) is 52.0 Å². The number of hydrogen-bond acceptors (Lipinski definition) is 7. The molecule has 0 radical (unpaired) electrons. The Balaban J connectivity index is 1.66. The molecule has 1 atom stereocenters. The number of rotatable bonds is 8. The van der Waals surface area contributed by atoms with Gasteiger partial charge >= 0.3 is 0 Å². The summed E-state index contributed by atoms with van der Waals surface area (Å²) in [6.07, 6.45) is 4.95. The maximum absolute atomic E-state index is 12.7. The van der Waals surface area contributed by atoms with Crippen LogP contribution in [0, 0.1) is 5.41 Å². The smallest absolute Gasteiger partial charge is 0.225 e. The monoisotopic (exact) mass is 444 g/mol. The first kappa shape index (κ1) is 23.1. The lowest BCUT2D eigenvalue weighted by Gasteiger charge is -2.43. The van der Waals surface area contributed by atoms with Crippen LogP contribution in [0.2, 0.25) is 0 Å². The number of nitrogens with zero attached hydrogens (tertiary/aromatic N) is 3. The van der Waals surface area contributed by atoms with Gasteiger partial charge in [-0.15, -0.1) is 0 Å². The van der Waals surface area contributed by atoms with Crippen LogP contribution in [0.5, 0.6) is 0 Å². The van der Waals surface area contributed by atoms with Crippen LogP contribution in [-0.4, -0.2) is 80.7 Å². The van der Waals surface area contributed by atoms with Crippen molar-refractivity contribution < 1.29 is 19.0 Å². The van der Waals surface area contributed by atoms with Crippen molar-refractivity contribution in [3.8, 4) is 0 Å². The van der Waals surface area contributed by atoms with Gasteiger partial charge in [0.05, 0.1) is 43.6 Å². The summed E-state index contributed by atoms with van der Waals surface area (Å²) >= 11 is 0. The molecule has 2 fully saturated rings. The van der Waals surface area contributed by atoms with Crippen molar-refractivity contribution >= 4 is 17.9 Å². The fraction of sp³-hybridized carbons (Fsp3) is 0.708. The van der Waals surface area contributed by atoms with Crippen molar-refractivity contribution in [2.24, 2.45) is 0 Å². The summed E-state index contributed by atoms with van der Waals surface area (Å²) in [7, 11) is 3.28. The Labute approximate surface area is 190 Å². The predicted molar refractivity (Wildman–Crippen MR) is 123 cm³/mol. The third kappa shape index (κ3) is 4.67. The molecular weight excluding hydrogens is 408 g/mol. The van der Waals surface area contributed by atoms with Gasteiger partial charge in [0.25, 0.3) is 0 Å². The van der Waals surface area contributed by atoms with Gasteiger partial charge in [0.15, 0.2) is 0 Å². The van der Waals surface area contributed by atoms with Crippen LogP contribution in [-0.2, 0) is 32.0 Å². The molecule has 4 rings (SSSR count). The van der Waals surface area contributed by atoms with Gasteiger partial charge in [-0.25, -0.2) is 4.98 Å². The van der Waals surface area contributed by atoms with Crippen LogP contribution in [0.15, 0.2) is 0 Å². The second-order valence-corrected chi connectivity index (χ2v) is 9.72. The summed E-state index contributed by atoms with van der Waals surface area (Å²) in [6.45, 7) is 7.62. The number of nitrogens with one attached hydrogen (secondary N) is 1. The van der Waals surface area contributed by atoms with Gasteiger partial charge in [0.1, 0.15) is 5.82 Å². The molecule has 32 heavy (non-hydrogen) atoms. The van der Waals surface area contributed by atoms with E-state index in [2.05, 4.69) is 18.7 Å². The fourth-order valence-electron chi connectivity index (χ4n) is 4.93. The number of carbonyl (C=O) groups is 1. The number of fused-ring (bicyclic) bond motifs is 1. The van der Waals surface area contributed by atoms with Gasteiger partial charge in [0.2, 0.25) is 5.91 Å². The molecule has 3 aliphatic rings. The van der Waals surface area contributed by atoms with E-state index in [1.54, 1.807) is 14.2 Å². The number of anilines is 1. The van der Waals surface area contributed by atoms with E-state index < -0.39 is 0 Å². The average Bonchev–Trinajstić information content (AvgIpc) is 3.61. The Morgan fingerprint density at radius 1 is 1.25 bits per heavy atom. The molecule has 1 aromatic heterocycles. The topological polar surface area (TPSA) is 88.0 Å². The number of piperazine rings is 1. The van der Waals surface area contributed by atoms with Crippen LogP contribution in [0.4, 0.5) is 5.82 Å². The molecule has 1 N–H and O–H groups in total. The summed E-state index contributed by atoms with van der Waals surface area (Å²) in [5.74, 6) is 1.47. The van der Waals surface area contributed by atoms with Crippen molar-refractivity contribution in [2.45, 2.75) is 63.7 Å². The van der Waals surface area contributed by atoms with E-state index in [4.69, 9.17) is 24.6 Å². The Bertz CT molecular complexity index is 868. The zero-order valence-electron chi connectivity index (χ0n) is 19.8. The molecule has 2 aliphatic heterocycles. The highest BCUT2D eigenvalue weighted by Gasteiger charge is 2.38. The summed E-state index contributed by atoms with van der Waals surface area (Å²) in [6, 6.07) is -0.0568. The minimum absolute atomic E-state index is 0.0568. The number of pyridine rings is 1. The van der Waals surface area contributed by atoms with E-state index in [9.17, 15) is 4.79 Å². The van der Waals surface area contributed by atoms with Crippen molar-refractivity contribution in [3.63, 3.8) is 0 Å². The first-order valence-electron chi connectivity index (χ1n) is 11.6. The molecule has 8 nitrogen and oxygen atoms in total. The van der Waals surface area contributed by atoms with E-state index in [1.807, 2.05) is 4.90 Å².